The zero-order valence-corrected chi connectivity index (χ0v) is 15.6. The highest BCUT2D eigenvalue weighted by Gasteiger charge is 2.16. The molecule has 132 valence electrons. The fourth-order valence-electron chi connectivity index (χ4n) is 2.15. The molecule has 0 fully saturated rings. The molecule has 0 spiro atoms. The molecule has 0 bridgehead atoms. The molecule has 26 heavy (non-hydrogen) atoms. The summed E-state index contributed by atoms with van der Waals surface area (Å²) in [6, 6.07) is 13.8. The van der Waals surface area contributed by atoms with Gasteiger partial charge in [-0.25, -0.2) is 4.98 Å². The van der Waals surface area contributed by atoms with Gasteiger partial charge in [0.15, 0.2) is 4.34 Å². The third kappa shape index (κ3) is 4.60. The number of carbonyl (C=O) groups excluding carboxylic acids is 1. The average Bonchev–Trinajstić information content (AvgIpc) is 3.09. The molecule has 0 aliphatic carbocycles. The van der Waals surface area contributed by atoms with Crippen molar-refractivity contribution in [3.8, 4) is 11.3 Å². The zero-order chi connectivity index (χ0) is 18.5. The first kappa shape index (κ1) is 18.4. The summed E-state index contributed by atoms with van der Waals surface area (Å²) in [5.41, 5.74) is 1.74. The molecule has 3 aromatic rings. The van der Waals surface area contributed by atoms with E-state index in [4.69, 9.17) is 11.6 Å². The Morgan fingerprint density at radius 3 is 2.77 bits per heavy atom. The number of amides is 1. The van der Waals surface area contributed by atoms with E-state index in [2.05, 4.69) is 10.3 Å². The number of benzene rings is 2. The van der Waals surface area contributed by atoms with Crippen molar-refractivity contribution in [1.82, 2.24) is 4.98 Å². The number of hydrogen-bond acceptors (Lipinski definition) is 6. The van der Waals surface area contributed by atoms with Gasteiger partial charge in [-0.15, -0.1) is 11.3 Å². The van der Waals surface area contributed by atoms with Gasteiger partial charge in [0.25, 0.3) is 5.69 Å². The van der Waals surface area contributed by atoms with Crippen molar-refractivity contribution in [2.24, 2.45) is 0 Å². The number of thioether (sulfide) groups is 1. The van der Waals surface area contributed by atoms with Crippen LogP contribution in [-0.2, 0) is 4.79 Å². The van der Waals surface area contributed by atoms with Crippen LogP contribution in [0.5, 0.6) is 0 Å². The Kier molecular flexibility index (Phi) is 5.87. The Balaban J connectivity index is 1.63. The standard InChI is InChI=1S/C17H12ClN3O3S2/c18-12-6-7-15(21(23)24)13(8-12)19-16(22)10-26-17-20-14(9-25-17)11-4-2-1-3-5-11/h1-9H,10H2,(H,19,22). The van der Waals surface area contributed by atoms with Crippen LogP contribution in [0.1, 0.15) is 0 Å². The predicted octanol–water partition coefficient (Wildman–Crippen LogP) is 5.10. The summed E-state index contributed by atoms with van der Waals surface area (Å²) < 4.78 is 0.750. The SMILES string of the molecule is O=C(CSc1nc(-c2ccccc2)cs1)Nc1cc(Cl)ccc1[N+](=O)[O-]. The Morgan fingerprint density at radius 2 is 2.04 bits per heavy atom. The molecule has 0 aliphatic heterocycles. The molecule has 0 saturated carbocycles. The molecular formula is C17H12ClN3O3S2. The lowest BCUT2D eigenvalue weighted by Crippen LogP contribution is -2.15. The van der Waals surface area contributed by atoms with E-state index in [0.29, 0.717) is 5.02 Å². The molecule has 0 unspecified atom stereocenters. The molecule has 9 heteroatoms. The van der Waals surface area contributed by atoms with Crippen LogP contribution in [0.2, 0.25) is 5.02 Å². The molecule has 6 nitrogen and oxygen atoms in total. The van der Waals surface area contributed by atoms with Crippen molar-refractivity contribution < 1.29 is 9.72 Å². The van der Waals surface area contributed by atoms with E-state index >= 15 is 0 Å². The van der Waals surface area contributed by atoms with Gasteiger partial charge in [0.2, 0.25) is 5.91 Å². The van der Waals surface area contributed by atoms with E-state index in [-0.39, 0.29) is 23.0 Å². The van der Waals surface area contributed by atoms with Gasteiger partial charge in [-0.1, -0.05) is 53.7 Å². The van der Waals surface area contributed by atoms with Gasteiger partial charge in [0.05, 0.1) is 16.4 Å². The second kappa shape index (κ2) is 8.31. The van der Waals surface area contributed by atoms with Crippen LogP contribution < -0.4 is 5.32 Å². The number of nitrogens with one attached hydrogen (secondary N) is 1. The molecule has 0 saturated heterocycles. The van der Waals surface area contributed by atoms with Crippen LogP contribution in [0.4, 0.5) is 11.4 Å². The van der Waals surface area contributed by atoms with Gasteiger partial charge in [-0.2, -0.15) is 0 Å². The van der Waals surface area contributed by atoms with Crippen molar-refractivity contribution in [2.75, 3.05) is 11.1 Å². The number of carbonyl (C=O) groups is 1. The number of nitro benzene ring substituents is 1. The second-order valence-corrected chi connectivity index (χ2v) is 7.64. The number of nitro groups is 1. The smallest absolute Gasteiger partial charge is 0.292 e. The third-order valence-corrected chi connectivity index (χ3v) is 5.56. The molecule has 1 N–H and O–H groups in total. The Bertz CT molecular complexity index is 947. The minimum Gasteiger partial charge on any atom is -0.320 e. The molecule has 1 aromatic heterocycles. The van der Waals surface area contributed by atoms with Crippen LogP contribution in [0, 0.1) is 10.1 Å². The number of nitrogens with zero attached hydrogens (tertiary/aromatic N) is 2. The maximum Gasteiger partial charge on any atom is 0.292 e. The van der Waals surface area contributed by atoms with E-state index in [0.717, 1.165) is 15.6 Å². The van der Waals surface area contributed by atoms with E-state index in [1.807, 2.05) is 35.7 Å². The van der Waals surface area contributed by atoms with Crippen molar-refractivity contribution in [3.63, 3.8) is 0 Å². The number of halogens is 1. The first-order valence-electron chi connectivity index (χ1n) is 7.40. The lowest BCUT2D eigenvalue weighted by molar-refractivity contribution is -0.383. The Morgan fingerprint density at radius 1 is 1.27 bits per heavy atom. The highest BCUT2D eigenvalue weighted by atomic mass is 35.5. The van der Waals surface area contributed by atoms with Crippen LogP contribution in [0.25, 0.3) is 11.3 Å². The highest BCUT2D eigenvalue weighted by molar-refractivity contribution is 8.01. The third-order valence-electron chi connectivity index (χ3n) is 3.31. The minimum absolute atomic E-state index is 0.0808. The molecule has 0 aliphatic rings. The predicted molar refractivity (Wildman–Crippen MR) is 105 cm³/mol. The summed E-state index contributed by atoms with van der Waals surface area (Å²) in [4.78, 5) is 27.1. The van der Waals surface area contributed by atoms with Crippen molar-refractivity contribution in [1.29, 1.82) is 0 Å². The van der Waals surface area contributed by atoms with Crippen molar-refractivity contribution >= 4 is 52.0 Å². The lowest BCUT2D eigenvalue weighted by atomic mass is 10.2. The van der Waals surface area contributed by atoms with Gasteiger partial charge in [0, 0.05) is 22.0 Å². The largest absolute Gasteiger partial charge is 0.320 e. The van der Waals surface area contributed by atoms with Crippen molar-refractivity contribution in [2.45, 2.75) is 4.34 Å². The number of hydrogen-bond donors (Lipinski definition) is 1. The zero-order valence-electron chi connectivity index (χ0n) is 13.2. The van der Waals surface area contributed by atoms with Gasteiger partial charge in [0.1, 0.15) is 5.69 Å². The summed E-state index contributed by atoms with van der Waals surface area (Å²) >= 11 is 8.57. The molecule has 1 heterocycles. The summed E-state index contributed by atoms with van der Waals surface area (Å²) in [5, 5.41) is 15.8. The first-order valence-corrected chi connectivity index (χ1v) is 9.65. The molecule has 3 rings (SSSR count). The number of rotatable bonds is 6. The topological polar surface area (TPSA) is 85.1 Å². The quantitative estimate of drug-likeness (QED) is 0.350. The Labute approximate surface area is 162 Å². The lowest BCUT2D eigenvalue weighted by Gasteiger charge is -2.05. The minimum atomic E-state index is -0.563. The maximum absolute atomic E-state index is 12.1. The van der Waals surface area contributed by atoms with Crippen LogP contribution >= 0.6 is 34.7 Å². The summed E-state index contributed by atoms with van der Waals surface area (Å²) in [6.45, 7) is 0. The first-order chi connectivity index (χ1) is 12.5. The highest BCUT2D eigenvalue weighted by Crippen LogP contribution is 2.30. The normalized spacial score (nSPS) is 10.5. The number of aromatic nitrogens is 1. The summed E-state index contributed by atoms with van der Waals surface area (Å²) in [6.07, 6.45) is 0. The van der Waals surface area contributed by atoms with Crippen LogP contribution in [0.15, 0.2) is 58.3 Å². The van der Waals surface area contributed by atoms with E-state index in [9.17, 15) is 14.9 Å². The summed E-state index contributed by atoms with van der Waals surface area (Å²) in [5.74, 6) is -0.275. The van der Waals surface area contributed by atoms with Gasteiger partial charge >= 0.3 is 0 Å². The maximum atomic E-state index is 12.1. The molecule has 0 radical (unpaired) electrons. The fourth-order valence-corrected chi connectivity index (χ4v) is 3.95. The second-order valence-electron chi connectivity index (χ2n) is 5.12. The summed E-state index contributed by atoms with van der Waals surface area (Å²) in [7, 11) is 0. The van der Waals surface area contributed by atoms with Crippen molar-refractivity contribution in [3.05, 3.63) is 69.0 Å². The molecule has 0 atom stereocenters. The fraction of sp³-hybridized carbons (Fsp3) is 0.0588. The number of thiazole rings is 1. The van der Waals surface area contributed by atoms with Gasteiger partial charge < -0.3 is 5.32 Å². The van der Waals surface area contributed by atoms with Crippen LogP contribution in [0.3, 0.4) is 0 Å². The monoisotopic (exact) mass is 405 g/mol. The van der Waals surface area contributed by atoms with Gasteiger partial charge in [-0.05, 0) is 12.1 Å². The molecular weight excluding hydrogens is 394 g/mol. The van der Waals surface area contributed by atoms with E-state index in [1.165, 1.54) is 41.3 Å². The van der Waals surface area contributed by atoms with E-state index < -0.39 is 4.92 Å². The number of anilines is 1. The van der Waals surface area contributed by atoms with E-state index in [1.54, 1.807) is 0 Å². The average molecular weight is 406 g/mol. The van der Waals surface area contributed by atoms with Gasteiger partial charge in [-0.3, -0.25) is 14.9 Å². The molecule has 1 amide bonds. The molecule has 2 aromatic carbocycles. The Hall–Kier alpha value is -2.42. The van der Waals surface area contributed by atoms with Crippen LogP contribution in [-0.4, -0.2) is 21.6 Å².